The molecule has 1 rings (SSSR count). The third-order valence-electron chi connectivity index (χ3n) is 1.97. The second-order valence-corrected chi connectivity index (χ2v) is 4.92. The van der Waals surface area contributed by atoms with Crippen LogP contribution in [-0.2, 0) is 4.79 Å². The van der Waals surface area contributed by atoms with Crippen molar-refractivity contribution in [1.29, 1.82) is 0 Å². The van der Waals surface area contributed by atoms with Crippen LogP contribution in [0, 0.1) is 0 Å². The number of imide groups is 1. The van der Waals surface area contributed by atoms with E-state index in [4.69, 9.17) is 11.5 Å². The van der Waals surface area contributed by atoms with Crippen molar-refractivity contribution < 1.29 is 9.59 Å². The molecule has 0 saturated carbocycles. The molecule has 0 fully saturated rings. The first-order valence-corrected chi connectivity index (χ1v) is 6.45. The van der Waals surface area contributed by atoms with E-state index >= 15 is 0 Å². The van der Waals surface area contributed by atoms with Crippen molar-refractivity contribution in [3.05, 3.63) is 6.07 Å². The molecule has 9 heteroatoms. The molecule has 0 radical (unpaired) electrons. The Hall–Kier alpha value is -2.03. The molecule has 6 N–H and O–H groups in total. The van der Waals surface area contributed by atoms with Crippen LogP contribution in [0.3, 0.4) is 0 Å². The quantitative estimate of drug-likeness (QED) is 0.450. The van der Waals surface area contributed by atoms with E-state index < -0.39 is 17.2 Å². The van der Waals surface area contributed by atoms with Crippen molar-refractivity contribution >= 4 is 35.3 Å². The second kappa shape index (κ2) is 6.78. The predicted molar refractivity (Wildman–Crippen MR) is 73.4 cm³/mol. The van der Waals surface area contributed by atoms with E-state index in [1.54, 1.807) is 13.8 Å². The minimum atomic E-state index is -0.552. The zero-order valence-corrected chi connectivity index (χ0v) is 11.5. The lowest BCUT2D eigenvalue weighted by Crippen LogP contribution is -2.42. The summed E-state index contributed by atoms with van der Waals surface area (Å²) in [6.45, 7) is 3.82. The number of nitrogens with two attached hydrogens (primary N) is 2. The number of amides is 3. The Bertz CT molecular complexity index is 461. The van der Waals surface area contributed by atoms with Crippen molar-refractivity contribution in [3.8, 4) is 0 Å². The highest BCUT2D eigenvalue weighted by Crippen LogP contribution is 2.21. The third-order valence-corrected chi connectivity index (χ3v) is 2.93. The average Bonchev–Trinajstić information content (AvgIpc) is 2.27. The van der Waals surface area contributed by atoms with Crippen LogP contribution >= 0.6 is 11.8 Å². The maximum Gasteiger partial charge on any atom is 0.321 e. The van der Waals surface area contributed by atoms with Crippen LogP contribution in [0.5, 0.6) is 0 Å². The van der Waals surface area contributed by atoms with Gasteiger partial charge in [0.2, 0.25) is 5.91 Å². The van der Waals surface area contributed by atoms with Crippen molar-refractivity contribution in [3.63, 3.8) is 0 Å². The van der Waals surface area contributed by atoms with Crippen LogP contribution in [-0.4, -0.2) is 33.7 Å². The van der Waals surface area contributed by atoms with Crippen molar-refractivity contribution in [1.82, 2.24) is 20.6 Å². The summed E-state index contributed by atoms with van der Waals surface area (Å²) in [7, 11) is 0. The molecular weight excluding hydrogens is 268 g/mol. The van der Waals surface area contributed by atoms with Gasteiger partial charge in [0, 0.05) is 12.6 Å². The number of hydrogen-bond donors (Lipinski definition) is 4. The number of carbonyl (C=O) groups excluding carboxylic acids is 2. The molecular formula is C10H16N6O2S. The van der Waals surface area contributed by atoms with E-state index in [0.717, 1.165) is 11.8 Å². The Morgan fingerprint density at radius 2 is 1.95 bits per heavy atom. The lowest BCUT2D eigenvalue weighted by molar-refractivity contribution is -0.119. The van der Waals surface area contributed by atoms with Gasteiger partial charge in [0.1, 0.15) is 11.6 Å². The minimum absolute atomic E-state index is 0.228. The number of urea groups is 1. The highest BCUT2D eigenvalue weighted by atomic mass is 32.2. The molecule has 1 unspecified atom stereocenters. The first-order valence-electron chi connectivity index (χ1n) is 5.57. The van der Waals surface area contributed by atoms with Gasteiger partial charge in [-0.15, -0.1) is 0 Å². The van der Waals surface area contributed by atoms with E-state index in [2.05, 4.69) is 20.6 Å². The largest absolute Gasteiger partial charge is 0.383 e. The van der Waals surface area contributed by atoms with Gasteiger partial charge in [-0.1, -0.05) is 11.8 Å². The van der Waals surface area contributed by atoms with Gasteiger partial charge >= 0.3 is 6.03 Å². The Morgan fingerprint density at radius 3 is 2.47 bits per heavy atom. The summed E-state index contributed by atoms with van der Waals surface area (Å²) in [5, 5.41) is 4.40. The maximum atomic E-state index is 11.7. The molecule has 0 bridgehead atoms. The maximum absolute atomic E-state index is 11.7. The van der Waals surface area contributed by atoms with E-state index in [-0.39, 0.29) is 16.8 Å². The average molecular weight is 284 g/mol. The van der Waals surface area contributed by atoms with Gasteiger partial charge in [-0.25, -0.2) is 14.8 Å². The predicted octanol–water partition coefficient (Wildman–Crippen LogP) is -0.0327. The first-order chi connectivity index (χ1) is 8.92. The van der Waals surface area contributed by atoms with Crippen molar-refractivity contribution in [2.24, 2.45) is 0 Å². The minimum Gasteiger partial charge on any atom is -0.383 e. The molecule has 1 aromatic rings. The SMILES string of the molecule is CCNC(=O)NC(=O)C(C)Sc1nc(N)cc(N)n1. The van der Waals surface area contributed by atoms with Gasteiger partial charge in [-0.2, -0.15) is 0 Å². The van der Waals surface area contributed by atoms with E-state index in [9.17, 15) is 9.59 Å². The van der Waals surface area contributed by atoms with Crippen LogP contribution in [0.15, 0.2) is 11.2 Å². The van der Waals surface area contributed by atoms with Crippen LogP contribution in [0.2, 0.25) is 0 Å². The van der Waals surface area contributed by atoms with Gasteiger partial charge in [0.15, 0.2) is 5.16 Å². The van der Waals surface area contributed by atoms with Crippen LogP contribution in [0.4, 0.5) is 16.4 Å². The zero-order valence-electron chi connectivity index (χ0n) is 10.6. The Morgan fingerprint density at radius 1 is 1.37 bits per heavy atom. The van der Waals surface area contributed by atoms with Gasteiger partial charge in [0.05, 0.1) is 5.25 Å². The number of nitrogen functional groups attached to an aromatic ring is 2. The molecule has 19 heavy (non-hydrogen) atoms. The molecule has 0 aliphatic heterocycles. The molecule has 0 aliphatic carbocycles. The fraction of sp³-hybridized carbons (Fsp3) is 0.400. The third kappa shape index (κ3) is 5.00. The number of anilines is 2. The highest BCUT2D eigenvalue weighted by Gasteiger charge is 2.18. The smallest absolute Gasteiger partial charge is 0.321 e. The van der Waals surface area contributed by atoms with E-state index in [1.807, 2.05) is 0 Å². The number of nitrogens with one attached hydrogen (secondary N) is 2. The fourth-order valence-corrected chi connectivity index (χ4v) is 1.94. The Kier molecular flexibility index (Phi) is 5.37. The summed E-state index contributed by atoms with van der Waals surface area (Å²) in [6, 6.07) is 0.886. The molecule has 0 aliphatic rings. The van der Waals surface area contributed by atoms with Gasteiger partial charge in [-0.05, 0) is 13.8 Å². The molecule has 1 atom stereocenters. The Labute approximate surface area is 114 Å². The molecule has 8 nitrogen and oxygen atoms in total. The number of carbonyl (C=O) groups is 2. The number of nitrogens with zero attached hydrogens (tertiary/aromatic N) is 2. The zero-order chi connectivity index (χ0) is 14.4. The molecule has 3 amide bonds. The molecule has 0 spiro atoms. The normalized spacial score (nSPS) is 11.7. The standard InChI is InChI=1S/C10H16N6O2S/c1-3-13-9(18)16-8(17)5(2)19-10-14-6(11)4-7(12)15-10/h4-5H,3H2,1-2H3,(H4,11,12,14,15)(H2,13,16,17,18). The fourth-order valence-electron chi connectivity index (χ4n) is 1.14. The van der Waals surface area contributed by atoms with Crippen molar-refractivity contribution in [2.75, 3.05) is 18.0 Å². The van der Waals surface area contributed by atoms with Gasteiger partial charge in [0.25, 0.3) is 0 Å². The molecule has 0 saturated heterocycles. The highest BCUT2D eigenvalue weighted by molar-refractivity contribution is 8.00. The number of aromatic nitrogens is 2. The van der Waals surface area contributed by atoms with Crippen LogP contribution in [0.25, 0.3) is 0 Å². The summed E-state index contributed by atoms with van der Waals surface area (Å²) < 4.78 is 0. The summed E-state index contributed by atoms with van der Waals surface area (Å²) in [4.78, 5) is 30.8. The van der Waals surface area contributed by atoms with E-state index in [1.165, 1.54) is 6.07 Å². The van der Waals surface area contributed by atoms with Gasteiger partial charge < -0.3 is 16.8 Å². The topological polar surface area (TPSA) is 136 Å². The lowest BCUT2D eigenvalue weighted by Gasteiger charge is -2.10. The number of rotatable bonds is 4. The number of hydrogen-bond acceptors (Lipinski definition) is 7. The lowest BCUT2D eigenvalue weighted by atomic mass is 10.4. The summed E-state index contributed by atoms with van der Waals surface area (Å²) in [5.41, 5.74) is 11.0. The van der Waals surface area contributed by atoms with Crippen LogP contribution in [0.1, 0.15) is 13.8 Å². The second-order valence-electron chi connectivity index (χ2n) is 3.61. The molecule has 0 aromatic carbocycles. The van der Waals surface area contributed by atoms with E-state index in [0.29, 0.717) is 6.54 Å². The van der Waals surface area contributed by atoms with Crippen molar-refractivity contribution in [2.45, 2.75) is 24.3 Å². The first kappa shape index (κ1) is 15.0. The van der Waals surface area contributed by atoms with Gasteiger partial charge in [-0.3, -0.25) is 10.1 Å². The molecule has 1 aromatic heterocycles. The summed E-state index contributed by atoms with van der Waals surface area (Å²) in [5.74, 6) is 0.0122. The monoisotopic (exact) mass is 284 g/mol. The van der Waals surface area contributed by atoms with Crippen LogP contribution < -0.4 is 22.1 Å². The summed E-state index contributed by atoms with van der Waals surface area (Å²) >= 11 is 1.07. The molecule has 104 valence electrons. The Balaban J connectivity index is 2.60. The number of thioether (sulfide) groups is 1. The summed E-state index contributed by atoms with van der Waals surface area (Å²) in [6.07, 6.45) is 0. The molecule has 1 heterocycles.